The summed E-state index contributed by atoms with van der Waals surface area (Å²) in [7, 11) is 1.60. The first kappa shape index (κ1) is 21.3. The standard InChI is InChI=1S/C20H24N6OS/c1-20(2,3)15(22)10-16(23)24-18-14(11-21)19(28-5)26-17(25-18)12-6-8-13(27-4)9-7-12/h6-10H,22H2,1-5H3,(H2,23,24,25,26)/b15-10-. The largest absolute Gasteiger partial charge is 0.497 e. The van der Waals surface area contributed by atoms with Gasteiger partial charge in [0, 0.05) is 16.7 Å². The number of nitrogens with two attached hydrogens (primary N) is 2. The van der Waals surface area contributed by atoms with Gasteiger partial charge < -0.3 is 16.2 Å². The number of aliphatic imine (C=N–C) groups is 1. The molecular formula is C20H24N6OS. The van der Waals surface area contributed by atoms with E-state index in [1.54, 1.807) is 13.2 Å². The number of methoxy groups -OCH3 is 1. The normalized spacial score (nSPS) is 12.6. The summed E-state index contributed by atoms with van der Waals surface area (Å²) < 4.78 is 5.18. The third-order valence-electron chi connectivity index (χ3n) is 3.91. The van der Waals surface area contributed by atoms with Crippen LogP contribution in [0.3, 0.4) is 0 Å². The lowest BCUT2D eigenvalue weighted by Crippen LogP contribution is -2.21. The minimum atomic E-state index is -0.247. The van der Waals surface area contributed by atoms with Gasteiger partial charge in [0.1, 0.15) is 28.2 Å². The van der Waals surface area contributed by atoms with E-state index in [0.29, 0.717) is 16.5 Å². The van der Waals surface area contributed by atoms with E-state index in [0.717, 1.165) is 11.3 Å². The van der Waals surface area contributed by atoms with Crippen LogP contribution in [0.2, 0.25) is 0 Å². The van der Waals surface area contributed by atoms with E-state index in [1.807, 2.05) is 51.3 Å². The molecule has 0 spiro atoms. The summed E-state index contributed by atoms with van der Waals surface area (Å²) in [5, 5.41) is 10.1. The molecule has 0 aliphatic heterocycles. The second kappa shape index (κ2) is 8.76. The minimum Gasteiger partial charge on any atom is -0.497 e. The highest BCUT2D eigenvalue weighted by Crippen LogP contribution is 2.30. The third kappa shape index (κ3) is 5.02. The molecular weight excluding hydrogens is 372 g/mol. The van der Waals surface area contributed by atoms with Crippen molar-refractivity contribution in [3.63, 3.8) is 0 Å². The molecule has 0 bridgehead atoms. The zero-order chi connectivity index (χ0) is 20.9. The smallest absolute Gasteiger partial charge is 0.177 e. The maximum Gasteiger partial charge on any atom is 0.177 e. The average molecular weight is 397 g/mol. The van der Waals surface area contributed by atoms with Gasteiger partial charge in [-0.1, -0.05) is 20.8 Å². The highest BCUT2D eigenvalue weighted by Gasteiger charge is 2.17. The Morgan fingerprint density at radius 1 is 1.21 bits per heavy atom. The lowest BCUT2D eigenvalue weighted by Gasteiger charge is -2.18. The molecule has 0 unspecified atom stereocenters. The molecule has 8 heteroatoms. The Labute approximate surface area is 169 Å². The number of nitrogens with zero attached hydrogens (tertiary/aromatic N) is 4. The molecule has 2 aromatic rings. The van der Waals surface area contributed by atoms with Crippen molar-refractivity contribution in [1.82, 2.24) is 9.97 Å². The molecule has 2 rings (SSSR count). The molecule has 1 aromatic carbocycles. The molecule has 0 aliphatic carbocycles. The lowest BCUT2D eigenvalue weighted by molar-refractivity contribution is 0.415. The first-order valence-electron chi connectivity index (χ1n) is 8.52. The van der Waals surface area contributed by atoms with Crippen molar-refractivity contribution < 1.29 is 4.74 Å². The van der Waals surface area contributed by atoms with Crippen LogP contribution in [-0.2, 0) is 0 Å². The van der Waals surface area contributed by atoms with Crippen molar-refractivity contribution in [2.75, 3.05) is 13.4 Å². The molecule has 1 aromatic heterocycles. The molecule has 0 saturated heterocycles. The molecule has 7 nitrogen and oxygen atoms in total. The maximum absolute atomic E-state index is 9.57. The van der Waals surface area contributed by atoms with Gasteiger partial charge in [0.15, 0.2) is 11.6 Å². The number of allylic oxidation sites excluding steroid dienone is 1. The number of nitriles is 1. The Morgan fingerprint density at radius 3 is 2.36 bits per heavy atom. The summed E-state index contributed by atoms with van der Waals surface area (Å²) in [6.45, 7) is 5.93. The predicted octanol–water partition coefficient (Wildman–Crippen LogP) is 3.62. The van der Waals surface area contributed by atoms with E-state index in [9.17, 15) is 5.26 Å². The molecule has 0 radical (unpaired) electrons. The van der Waals surface area contributed by atoms with Gasteiger partial charge in [0.25, 0.3) is 0 Å². The zero-order valence-corrected chi connectivity index (χ0v) is 17.5. The number of benzene rings is 1. The Bertz CT molecular complexity index is 952. The van der Waals surface area contributed by atoms with E-state index in [-0.39, 0.29) is 22.6 Å². The van der Waals surface area contributed by atoms with Crippen molar-refractivity contribution in [3.8, 4) is 23.2 Å². The Kier molecular flexibility index (Phi) is 6.65. The number of thioether (sulfide) groups is 1. The Hall–Kier alpha value is -3.05. The van der Waals surface area contributed by atoms with Gasteiger partial charge in [-0.05, 0) is 36.6 Å². The van der Waals surface area contributed by atoms with Gasteiger partial charge >= 0.3 is 0 Å². The minimum absolute atomic E-state index is 0.176. The molecule has 0 saturated carbocycles. The lowest BCUT2D eigenvalue weighted by atomic mass is 9.92. The molecule has 0 amide bonds. The van der Waals surface area contributed by atoms with Crippen molar-refractivity contribution in [2.24, 2.45) is 21.9 Å². The van der Waals surface area contributed by atoms with Crippen molar-refractivity contribution in [1.29, 1.82) is 5.26 Å². The fourth-order valence-corrected chi connectivity index (χ4v) is 2.67. The van der Waals surface area contributed by atoms with E-state index in [4.69, 9.17) is 16.2 Å². The van der Waals surface area contributed by atoms with E-state index >= 15 is 0 Å². The molecule has 0 fully saturated rings. The monoisotopic (exact) mass is 396 g/mol. The van der Waals surface area contributed by atoms with Gasteiger partial charge in [0.2, 0.25) is 0 Å². The fraction of sp³-hybridized carbons (Fsp3) is 0.300. The number of ether oxygens (including phenoxy) is 1. The average Bonchev–Trinajstić information content (AvgIpc) is 2.66. The predicted molar refractivity (Wildman–Crippen MR) is 114 cm³/mol. The second-order valence-corrected chi connectivity index (χ2v) is 7.78. The summed E-state index contributed by atoms with van der Waals surface area (Å²) in [4.78, 5) is 13.3. The Morgan fingerprint density at radius 2 is 1.86 bits per heavy atom. The molecule has 0 atom stereocenters. The van der Waals surface area contributed by atoms with Gasteiger partial charge in [-0.25, -0.2) is 15.0 Å². The highest BCUT2D eigenvalue weighted by atomic mass is 32.2. The van der Waals surface area contributed by atoms with Crippen LogP contribution < -0.4 is 16.2 Å². The number of rotatable bonds is 5. The number of aromatic nitrogens is 2. The second-order valence-electron chi connectivity index (χ2n) is 6.98. The van der Waals surface area contributed by atoms with E-state index < -0.39 is 0 Å². The third-order valence-corrected chi connectivity index (χ3v) is 4.60. The first-order chi connectivity index (χ1) is 13.2. The van der Waals surface area contributed by atoms with E-state index in [1.165, 1.54) is 11.8 Å². The van der Waals surface area contributed by atoms with Crippen LogP contribution in [0, 0.1) is 16.7 Å². The van der Waals surface area contributed by atoms with Crippen LogP contribution in [0.5, 0.6) is 5.75 Å². The molecule has 0 aliphatic rings. The molecule has 28 heavy (non-hydrogen) atoms. The molecule has 146 valence electrons. The van der Waals surface area contributed by atoms with Crippen LogP contribution in [0.4, 0.5) is 5.82 Å². The van der Waals surface area contributed by atoms with Crippen molar-refractivity contribution >= 4 is 23.4 Å². The van der Waals surface area contributed by atoms with Crippen LogP contribution in [0.1, 0.15) is 26.3 Å². The summed E-state index contributed by atoms with van der Waals surface area (Å²) >= 11 is 1.35. The van der Waals surface area contributed by atoms with Crippen molar-refractivity contribution in [2.45, 2.75) is 25.8 Å². The summed E-state index contributed by atoms with van der Waals surface area (Å²) in [6, 6.07) is 9.45. The molecule has 4 N–H and O–H groups in total. The Balaban J connectivity index is 2.59. The number of hydrogen-bond acceptors (Lipinski definition) is 7. The fourth-order valence-electron chi connectivity index (χ4n) is 2.15. The van der Waals surface area contributed by atoms with Gasteiger partial charge in [-0.2, -0.15) is 5.26 Å². The summed E-state index contributed by atoms with van der Waals surface area (Å²) in [5.41, 5.74) is 13.5. The highest BCUT2D eigenvalue weighted by molar-refractivity contribution is 7.98. The van der Waals surface area contributed by atoms with Crippen LogP contribution in [0.15, 0.2) is 46.1 Å². The topological polar surface area (TPSA) is 123 Å². The number of hydrogen-bond donors (Lipinski definition) is 2. The molecule has 1 heterocycles. The van der Waals surface area contributed by atoms with Gasteiger partial charge in [0.05, 0.1) is 7.11 Å². The van der Waals surface area contributed by atoms with Crippen LogP contribution >= 0.6 is 11.8 Å². The van der Waals surface area contributed by atoms with Gasteiger partial charge in [-0.15, -0.1) is 11.8 Å². The number of amidine groups is 1. The first-order valence-corrected chi connectivity index (χ1v) is 9.74. The quantitative estimate of drug-likeness (QED) is 0.342. The summed E-state index contributed by atoms with van der Waals surface area (Å²) in [5.74, 6) is 1.57. The van der Waals surface area contributed by atoms with Gasteiger partial charge in [-0.3, -0.25) is 0 Å². The van der Waals surface area contributed by atoms with Crippen molar-refractivity contribution in [3.05, 3.63) is 41.6 Å². The maximum atomic E-state index is 9.57. The van der Waals surface area contributed by atoms with E-state index in [2.05, 4.69) is 21.0 Å². The van der Waals surface area contributed by atoms with Crippen LogP contribution in [-0.4, -0.2) is 29.2 Å². The zero-order valence-electron chi connectivity index (χ0n) is 16.6. The van der Waals surface area contributed by atoms with Crippen LogP contribution in [0.25, 0.3) is 11.4 Å². The SMILES string of the molecule is COc1ccc(-c2nc(/N=C(N)/C=C(\N)C(C)(C)C)c(C#N)c(SC)n2)cc1. The summed E-state index contributed by atoms with van der Waals surface area (Å²) in [6.07, 6.45) is 3.43.